The Balaban J connectivity index is 2.63. The molecule has 0 atom stereocenters. The van der Waals surface area contributed by atoms with E-state index in [2.05, 4.69) is 0 Å². The third-order valence-electron chi connectivity index (χ3n) is 3.31. The van der Waals surface area contributed by atoms with Gasteiger partial charge in [0, 0.05) is 0 Å². The van der Waals surface area contributed by atoms with Crippen LogP contribution in [-0.2, 0) is 9.84 Å². The van der Waals surface area contributed by atoms with Crippen LogP contribution in [0, 0.1) is 6.92 Å². The molecular formula is C17H24O3S. The Morgan fingerprint density at radius 3 is 2.29 bits per heavy atom. The third kappa shape index (κ3) is 6.27. The summed E-state index contributed by atoms with van der Waals surface area (Å²) in [7, 11) is -3.25. The second-order valence-corrected chi connectivity index (χ2v) is 7.43. The molecule has 0 saturated carbocycles. The van der Waals surface area contributed by atoms with Gasteiger partial charge in [-0.2, -0.15) is 0 Å². The van der Waals surface area contributed by atoms with E-state index in [1.807, 2.05) is 39.0 Å². The van der Waals surface area contributed by atoms with Gasteiger partial charge in [0.25, 0.3) is 0 Å². The van der Waals surface area contributed by atoms with Crippen LogP contribution >= 0.6 is 0 Å². The lowest BCUT2D eigenvalue weighted by atomic mass is 10.1. The van der Waals surface area contributed by atoms with Gasteiger partial charge in [-0.1, -0.05) is 41.0 Å². The van der Waals surface area contributed by atoms with Crippen molar-refractivity contribution in [1.82, 2.24) is 0 Å². The number of benzene rings is 1. The molecule has 0 aromatic heterocycles. The topological polar surface area (TPSA) is 54.4 Å². The summed E-state index contributed by atoms with van der Waals surface area (Å²) in [6.07, 6.45) is 5.38. The van der Waals surface area contributed by atoms with E-state index < -0.39 is 9.84 Å². The molecule has 0 amide bonds. The summed E-state index contributed by atoms with van der Waals surface area (Å²) < 4.78 is 24.4. The molecule has 0 bridgehead atoms. The number of rotatable bonds is 7. The van der Waals surface area contributed by atoms with Crippen molar-refractivity contribution in [3.63, 3.8) is 0 Å². The molecule has 0 aliphatic rings. The lowest BCUT2D eigenvalue weighted by Crippen LogP contribution is -2.05. The molecule has 1 aromatic carbocycles. The summed E-state index contributed by atoms with van der Waals surface area (Å²) in [4.78, 5) is 0.369. The molecule has 1 N–H and O–H groups in total. The van der Waals surface area contributed by atoms with Gasteiger partial charge < -0.3 is 5.11 Å². The molecule has 4 heteroatoms. The second-order valence-electron chi connectivity index (χ2n) is 5.39. The maximum absolute atomic E-state index is 12.2. The van der Waals surface area contributed by atoms with Gasteiger partial charge in [0.2, 0.25) is 0 Å². The van der Waals surface area contributed by atoms with E-state index >= 15 is 0 Å². The van der Waals surface area contributed by atoms with Gasteiger partial charge in [-0.05, 0) is 45.7 Å². The first-order valence-electron chi connectivity index (χ1n) is 7.06. The van der Waals surface area contributed by atoms with E-state index in [9.17, 15) is 8.42 Å². The maximum atomic E-state index is 12.2. The number of sulfone groups is 1. The van der Waals surface area contributed by atoms with Gasteiger partial charge >= 0.3 is 0 Å². The first-order chi connectivity index (χ1) is 9.85. The Kier molecular flexibility index (Phi) is 6.85. The van der Waals surface area contributed by atoms with Crippen molar-refractivity contribution in [2.24, 2.45) is 0 Å². The molecule has 0 aliphatic heterocycles. The number of hydrogen-bond acceptors (Lipinski definition) is 3. The number of hydrogen-bond donors (Lipinski definition) is 1. The molecule has 0 unspecified atom stereocenters. The van der Waals surface area contributed by atoms with Crippen molar-refractivity contribution >= 4 is 9.84 Å². The first-order valence-corrected chi connectivity index (χ1v) is 8.72. The average Bonchev–Trinajstić information content (AvgIpc) is 2.45. The van der Waals surface area contributed by atoms with Crippen LogP contribution in [0.25, 0.3) is 0 Å². The van der Waals surface area contributed by atoms with Crippen LogP contribution in [0.15, 0.2) is 52.5 Å². The number of aliphatic hydroxyl groups excluding tert-OH is 1. The number of aryl methyl sites for hydroxylation is 1. The predicted octanol–water partition coefficient (Wildman–Crippen LogP) is 3.43. The SMILES string of the molecule is C/C(=C\CC/C(C)=C/CS(=O)(=O)c1ccc(C)cc1)CO. The largest absolute Gasteiger partial charge is 0.392 e. The molecule has 0 spiro atoms. The molecule has 0 aliphatic carbocycles. The highest BCUT2D eigenvalue weighted by atomic mass is 32.2. The van der Waals surface area contributed by atoms with Crippen LogP contribution in [0.3, 0.4) is 0 Å². The van der Waals surface area contributed by atoms with Crippen molar-refractivity contribution in [3.8, 4) is 0 Å². The summed E-state index contributed by atoms with van der Waals surface area (Å²) in [6.45, 7) is 5.82. The van der Waals surface area contributed by atoms with E-state index in [0.29, 0.717) is 4.90 Å². The quantitative estimate of drug-likeness (QED) is 0.785. The minimum absolute atomic E-state index is 0.0323. The molecule has 3 nitrogen and oxygen atoms in total. The Labute approximate surface area is 127 Å². The van der Waals surface area contributed by atoms with E-state index in [-0.39, 0.29) is 12.4 Å². The summed E-state index contributed by atoms with van der Waals surface area (Å²) >= 11 is 0. The highest BCUT2D eigenvalue weighted by Crippen LogP contribution is 2.14. The van der Waals surface area contributed by atoms with Crippen molar-refractivity contribution < 1.29 is 13.5 Å². The van der Waals surface area contributed by atoms with E-state index in [4.69, 9.17) is 5.11 Å². The van der Waals surface area contributed by atoms with E-state index in [1.54, 1.807) is 18.2 Å². The summed E-state index contributed by atoms with van der Waals surface area (Å²) in [6, 6.07) is 6.93. The smallest absolute Gasteiger partial charge is 0.181 e. The minimum atomic E-state index is -3.25. The molecular weight excluding hydrogens is 284 g/mol. The van der Waals surface area contributed by atoms with Crippen molar-refractivity contribution in [3.05, 3.63) is 53.1 Å². The van der Waals surface area contributed by atoms with Gasteiger partial charge in [-0.3, -0.25) is 0 Å². The van der Waals surface area contributed by atoms with Crippen LogP contribution < -0.4 is 0 Å². The van der Waals surface area contributed by atoms with Crippen LogP contribution in [0.5, 0.6) is 0 Å². The first kappa shape index (κ1) is 17.7. The molecule has 116 valence electrons. The highest BCUT2D eigenvalue weighted by molar-refractivity contribution is 7.91. The fourth-order valence-corrected chi connectivity index (χ4v) is 3.05. The van der Waals surface area contributed by atoms with Crippen LogP contribution in [0.2, 0.25) is 0 Å². The summed E-state index contributed by atoms with van der Waals surface area (Å²) in [5, 5.41) is 8.89. The Bertz CT molecular complexity index is 608. The van der Waals surface area contributed by atoms with Gasteiger partial charge in [0.15, 0.2) is 9.84 Å². The molecule has 0 fully saturated rings. The summed E-state index contributed by atoms with van der Waals surface area (Å²) in [5.41, 5.74) is 3.04. The average molecular weight is 308 g/mol. The zero-order valence-corrected chi connectivity index (χ0v) is 13.8. The molecule has 1 rings (SSSR count). The zero-order valence-electron chi connectivity index (χ0n) is 13.0. The lowest BCUT2D eigenvalue weighted by Gasteiger charge is -2.04. The molecule has 0 radical (unpaired) electrons. The fraction of sp³-hybridized carbons (Fsp3) is 0.412. The number of aliphatic hydroxyl groups is 1. The number of allylic oxidation sites excluding steroid dienone is 2. The highest BCUT2D eigenvalue weighted by Gasteiger charge is 2.12. The van der Waals surface area contributed by atoms with Gasteiger partial charge in [0.1, 0.15) is 0 Å². The van der Waals surface area contributed by atoms with Gasteiger partial charge in [-0.15, -0.1) is 0 Å². The van der Waals surface area contributed by atoms with Gasteiger partial charge in [-0.25, -0.2) is 8.42 Å². The van der Waals surface area contributed by atoms with Crippen LogP contribution in [-0.4, -0.2) is 25.9 Å². The van der Waals surface area contributed by atoms with E-state index in [0.717, 1.165) is 29.6 Å². The Morgan fingerprint density at radius 1 is 1.10 bits per heavy atom. The molecule has 0 saturated heterocycles. The summed E-state index contributed by atoms with van der Waals surface area (Å²) in [5.74, 6) is 0.0323. The van der Waals surface area contributed by atoms with Crippen molar-refractivity contribution in [2.75, 3.05) is 12.4 Å². The van der Waals surface area contributed by atoms with E-state index in [1.165, 1.54) is 0 Å². The maximum Gasteiger partial charge on any atom is 0.181 e. The predicted molar refractivity (Wildman–Crippen MR) is 87.1 cm³/mol. The van der Waals surface area contributed by atoms with Crippen LogP contribution in [0.1, 0.15) is 32.3 Å². The lowest BCUT2D eigenvalue weighted by molar-refractivity contribution is 0.331. The van der Waals surface area contributed by atoms with Crippen LogP contribution in [0.4, 0.5) is 0 Å². The standard InChI is InChI=1S/C17H24O3S/c1-14(5-4-6-16(3)13-18)11-12-21(19,20)17-9-7-15(2)8-10-17/h6-11,18H,4-5,12-13H2,1-3H3/b14-11+,16-6+. The normalized spacial score (nSPS) is 13.5. The minimum Gasteiger partial charge on any atom is -0.392 e. The third-order valence-corrected chi connectivity index (χ3v) is 4.91. The van der Waals surface area contributed by atoms with Gasteiger partial charge in [0.05, 0.1) is 17.3 Å². The van der Waals surface area contributed by atoms with Crippen molar-refractivity contribution in [2.45, 2.75) is 38.5 Å². The Morgan fingerprint density at radius 2 is 1.71 bits per heavy atom. The zero-order chi connectivity index (χ0) is 15.9. The fourth-order valence-electron chi connectivity index (χ4n) is 1.81. The molecule has 1 aromatic rings. The second kappa shape index (κ2) is 8.15. The Hall–Kier alpha value is -1.39. The van der Waals surface area contributed by atoms with Crippen molar-refractivity contribution in [1.29, 1.82) is 0 Å². The molecule has 0 heterocycles. The monoisotopic (exact) mass is 308 g/mol. The molecule has 21 heavy (non-hydrogen) atoms.